The summed E-state index contributed by atoms with van der Waals surface area (Å²) in [4.78, 5) is 17.2. The maximum Gasteiger partial charge on any atom is 0.332 e. The third kappa shape index (κ3) is 2.81. The number of hydrogen-bond acceptors (Lipinski definition) is 6. The van der Waals surface area contributed by atoms with Crippen LogP contribution in [0.2, 0.25) is 5.02 Å². The van der Waals surface area contributed by atoms with Gasteiger partial charge in [0.2, 0.25) is 5.60 Å². The number of amidine groups is 1. The Morgan fingerprint density at radius 2 is 2.27 bits per heavy atom. The van der Waals surface area contributed by atoms with Gasteiger partial charge in [0.1, 0.15) is 11.0 Å². The molecule has 30 heavy (non-hydrogen) atoms. The van der Waals surface area contributed by atoms with Gasteiger partial charge in [0.05, 0.1) is 0 Å². The van der Waals surface area contributed by atoms with Crippen molar-refractivity contribution in [1.82, 2.24) is 5.43 Å². The molecule has 2 aromatic rings. The largest absolute Gasteiger partial charge is 0.440 e. The number of ether oxygens (including phenoxy) is 1. The van der Waals surface area contributed by atoms with Crippen molar-refractivity contribution in [1.29, 1.82) is 0 Å². The zero-order valence-electron chi connectivity index (χ0n) is 17.0. The lowest BCUT2D eigenvalue weighted by atomic mass is 9.81. The molecule has 5 rings (SSSR count). The summed E-state index contributed by atoms with van der Waals surface area (Å²) < 4.78 is 7.19. The van der Waals surface area contributed by atoms with E-state index in [9.17, 15) is 4.79 Å². The van der Waals surface area contributed by atoms with Crippen molar-refractivity contribution < 1.29 is 9.53 Å². The number of aryl methyl sites for hydroxylation is 1. The van der Waals surface area contributed by atoms with Crippen molar-refractivity contribution >= 4 is 49.8 Å². The number of hydrazine groups is 1. The van der Waals surface area contributed by atoms with Gasteiger partial charge in [-0.3, -0.25) is 15.4 Å². The van der Waals surface area contributed by atoms with Gasteiger partial charge < -0.3 is 4.74 Å². The first-order valence-electron chi connectivity index (χ1n) is 10.1. The number of anilines is 1. The number of rotatable bonds is 2. The molecule has 3 aliphatic rings. The average Bonchev–Trinajstić information content (AvgIpc) is 2.95. The molecular weight excluding hydrogens is 418 g/mol. The van der Waals surface area contributed by atoms with E-state index in [4.69, 9.17) is 21.3 Å². The van der Waals surface area contributed by atoms with Crippen LogP contribution in [0.5, 0.6) is 0 Å². The number of benzene rings is 1. The van der Waals surface area contributed by atoms with E-state index < -0.39 is 11.6 Å². The number of esters is 1. The Morgan fingerprint density at radius 1 is 1.43 bits per heavy atom. The van der Waals surface area contributed by atoms with Gasteiger partial charge >= 0.3 is 5.97 Å². The van der Waals surface area contributed by atoms with Gasteiger partial charge in [-0.1, -0.05) is 30.2 Å². The van der Waals surface area contributed by atoms with Crippen LogP contribution in [-0.2, 0) is 9.53 Å². The summed E-state index contributed by atoms with van der Waals surface area (Å²) in [6.45, 7) is 5.98. The highest BCUT2D eigenvalue weighted by Gasteiger charge is 2.49. The Kier molecular flexibility index (Phi) is 4.52. The molecule has 0 fully saturated rings. The molecule has 7 heteroatoms. The van der Waals surface area contributed by atoms with Crippen molar-refractivity contribution in [3.63, 3.8) is 0 Å². The second-order valence-electron chi connectivity index (χ2n) is 7.76. The van der Waals surface area contributed by atoms with E-state index in [1.165, 1.54) is 5.57 Å². The zero-order valence-corrected chi connectivity index (χ0v) is 18.6. The van der Waals surface area contributed by atoms with Crippen LogP contribution in [0, 0.1) is 6.92 Å². The molecule has 2 atom stereocenters. The minimum atomic E-state index is -0.994. The molecule has 0 amide bonds. The minimum Gasteiger partial charge on any atom is -0.440 e. The average molecular weight is 440 g/mol. The fraction of sp³-hybridized carbons (Fsp3) is 0.304. The third-order valence-electron chi connectivity index (χ3n) is 5.91. The highest BCUT2D eigenvalue weighted by atomic mass is 35.5. The lowest BCUT2D eigenvalue weighted by Crippen LogP contribution is -2.57. The van der Waals surface area contributed by atoms with Gasteiger partial charge in [-0.05, 0) is 68.0 Å². The molecule has 5 nitrogen and oxygen atoms in total. The van der Waals surface area contributed by atoms with Crippen LogP contribution in [0.4, 0.5) is 5.00 Å². The van der Waals surface area contributed by atoms with Gasteiger partial charge in [0.25, 0.3) is 0 Å². The lowest BCUT2D eigenvalue weighted by molar-refractivity contribution is -0.151. The van der Waals surface area contributed by atoms with Crippen LogP contribution in [0.15, 0.2) is 58.8 Å². The van der Waals surface area contributed by atoms with E-state index in [0.717, 1.165) is 44.1 Å². The molecule has 3 heterocycles. The van der Waals surface area contributed by atoms with Crippen LogP contribution in [0.1, 0.15) is 32.3 Å². The number of nitrogens with one attached hydrogen (secondary N) is 1. The SMILES string of the molecule is CCC1=C2C=CN(c3sc4ccc(Cl)cc4c3C)NC3=NC(C)C(=O)OC32C=CC1. The Morgan fingerprint density at radius 3 is 3.07 bits per heavy atom. The molecule has 2 unspecified atom stereocenters. The second-order valence-corrected chi connectivity index (χ2v) is 9.23. The molecule has 1 aromatic heterocycles. The number of carbonyl (C=O) groups excluding carboxylic acids is 1. The van der Waals surface area contributed by atoms with Crippen LogP contribution in [0.3, 0.4) is 0 Å². The van der Waals surface area contributed by atoms with E-state index in [-0.39, 0.29) is 5.97 Å². The van der Waals surface area contributed by atoms with Gasteiger partial charge in [-0.15, -0.1) is 11.3 Å². The fourth-order valence-electron chi connectivity index (χ4n) is 4.28. The van der Waals surface area contributed by atoms with Gasteiger partial charge in [-0.25, -0.2) is 4.79 Å². The number of carbonyl (C=O) groups is 1. The van der Waals surface area contributed by atoms with E-state index >= 15 is 0 Å². The Hall–Kier alpha value is -2.57. The Labute approximate surface area is 184 Å². The van der Waals surface area contributed by atoms with Crippen molar-refractivity contribution in [2.75, 3.05) is 5.01 Å². The summed E-state index contributed by atoms with van der Waals surface area (Å²) in [5.74, 6) is 0.320. The quantitative estimate of drug-likeness (QED) is 0.499. The summed E-state index contributed by atoms with van der Waals surface area (Å²) in [5.41, 5.74) is 5.82. The Bertz CT molecular complexity index is 1190. The number of aliphatic imine (C=N–C) groups is 1. The van der Waals surface area contributed by atoms with E-state index in [1.54, 1.807) is 18.3 Å². The minimum absolute atomic E-state index is 0.311. The first-order chi connectivity index (χ1) is 14.4. The molecule has 1 spiro atoms. The molecule has 154 valence electrons. The van der Waals surface area contributed by atoms with E-state index in [1.807, 2.05) is 35.5 Å². The summed E-state index contributed by atoms with van der Waals surface area (Å²) in [7, 11) is 0. The van der Waals surface area contributed by atoms with Crippen LogP contribution < -0.4 is 10.4 Å². The van der Waals surface area contributed by atoms with Gasteiger partial charge in [0, 0.05) is 21.5 Å². The van der Waals surface area contributed by atoms with Crippen molar-refractivity contribution in [2.45, 2.75) is 45.3 Å². The zero-order chi connectivity index (χ0) is 21.0. The van der Waals surface area contributed by atoms with E-state index in [0.29, 0.717) is 5.84 Å². The molecule has 1 N–H and O–H groups in total. The summed E-state index contributed by atoms with van der Waals surface area (Å²) >= 11 is 7.91. The highest BCUT2D eigenvalue weighted by Crippen LogP contribution is 2.42. The van der Waals surface area contributed by atoms with Crippen molar-refractivity contribution in [3.05, 3.63) is 64.4 Å². The molecule has 0 saturated carbocycles. The number of hydrogen-bond donors (Lipinski definition) is 1. The smallest absolute Gasteiger partial charge is 0.332 e. The maximum atomic E-state index is 12.5. The second kappa shape index (κ2) is 7.00. The topological polar surface area (TPSA) is 53.9 Å². The normalized spacial score (nSPS) is 25.5. The first kappa shape index (κ1) is 19.4. The van der Waals surface area contributed by atoms with Crippen LogP contribution in [0.25, 0.3) is 10.1 Å². The molecule has 0 saturated heterocycles. The summed E-state index contributed by atoms with van der Waals surface area (Å²) in [6.07, 6.45) is 9.81. The highest BCUT2D eigenvalue weighted by molar-refractivity contribution is 7.23. The molecule has 1 aliphatic carbocycles. The standard InChI is InChI=1S/C23H22ClN3O2S/c1-4-15-6-5-10-23-18(15)9-11-27(26-22(23)25-14(3)21(28)29-23)20-13(2)17-12-16(24)7-8-19(17)30-20/h5,7-12,14H,4,6H2,1-3H3,(H,25,26). The number of thiophene rings is 1. The van der Waals surface area contributed by atoms with E-state index in [2.05, 4.69) is 31.4 Å². The van der Waals surface area contributed by atoms with Gasteiger partial charge in [-0.2, -0.15) is 0 Å². The third-order valence-corrected chi connectivity index (χ3v) is 7.42. The molecule has 2 aliphatic heterocycles. The predicted octanol–water partition coefficient (Wildman–Crippen LogP) is 5.45. The molecule has 0 radical (unpaired) electrons. The van der Waals surface area contributed by atoms with Crippen molar-refractivity contribution in [2.24, 2.45) is 4.99 Å². The van der Waals surface area contributed by atoms with Gasteiger partial charge in [0.15, 0.2) is 5.84 Å². The predicted molar refractivity (Wildman–Crippen MR) is 123 cm³/mol. The Balaban J connectivity index is 1.68. The fourth-order valence-corrected chi connectivity index (χ4v) is 5.58. The van der Waals surface area contributed by atoms with Crippen LogP contribution in [-0.4, -0.2) is 23.4 Å². The first-order valence-corrected chi connectivity index (χ1v) is 11.3. The number of nitrogens with zero attached hydrogens (tertiary/aromatic N) is 2. The van der Waals surface area contributed by atoms with Crippen molar-refractivity contribution in [3.8, 4) is 0 Å². The lowest BCUT2D eigenvalue weighted by Gasteiger charge is -2.39. The summed E-state index contributed by atoms with van der Waals surface area (Å²) in [5, 5.41) is 4.88. The molecule has 0 bridgehead atoms. The monoisotopic (exact) mass is 439 g/mol. The maximum absolute atomic E-state index is 12.5. The molecule has 1 aromatic carbocycles. The van der Waals surface area contributed by atoms with Crippen LogP contribution >= 0.6 is 22.9 Å². The number of fused-ring (bicyclic) bond motifs is 1. The number of allylic oxidation sites excluding steroid dienone is 2. The molecular formula is C23H22ClN3O2S. The number of halogens is 1. The summed E-state index contributed by atoms with van der Waals surface area (Å²) in [6, 6.07) is 5.40.